The molecular weight excluding hydrogens is 280 g/mol. The molecule has 2 aromatic heterocycles. The quantitative estimate of drug-likeness (QED) is 0.783. The first-order chi connectivity index (χ1) is 10.6. The molecule has 0 unspecified atom stereocenters. The molecule has 0 aliphatic heterocycles. The molecule has 0 spiro atoms. The van der Waals surface area contributed by atoms with Crippen molar-refractivity contribution in [1.29, 1.82) is 0 Å². The van der Waals surface area contributed by atoms with Gasteiger partial charge in [0.25, 0.3) is 0 Å². The van der Waals surface area contributed by atoms with Gasteiger partial charge in [-0.1, -0.05) is 12.1 Å². The van der Waals surface area contributed by atoms with Crippen molar-refractivity contribution in [3.8, 4) is 11.4 Å². The molecule has 0 radical (unpaired) electrons. The maximum atomic E-state index is 11.1. The third-order valence-electron chi connectivity index (χ3n) is 3.48. The Balaban J connectivity index is 1.82. The van der Waals surface area contributed by atoms with Gasteiger partial charge in [0.1, 0.15) is 5.82 Å². The summed E-state index contributed by atoms with van der Waals surface area (Å²) < 4.78 is 3.80. The molecule has 0 saturated carbocycles. The third kappa shape index (κ3) is 2.90. The van der Waals surface area contributed by atoms with Crippen LogP contribution >= 0.6 is 0 Å². The fourth-order valence-corrected chi connectivity index (χ4v) is 2.39. The number of carbonyl (C=O) groups is 1. The van der Waals surface area contributed by atoms with Gasteiger partial charge in [0.05, 0.1) is 11.8 Å². The summed E-state index contributed by atoms with van der Waals surface area (Å²) in [5, 5.41) is 13.2. The van der Waals surface area contributed by atoms with Crippen LogP contribution in [0.5, 0.6) is 0 Å². The van der Waals surface area contributed by atoms with E-state index in [2.05, 4.69) is 10.1 Å². The summed E-state index contributed by atoms with van der Waals surface area (Å²) in [5.74, 6) is -0.165. The van der Waals surface area contributed by atoms with Gasteiger partial charge in [0.2, 0.25) is 0 Å². The molecule has 0 aliphatic carbocycles. The highest BCUT2D eigenvalue weighted by molar-refractivity contribution is 5.89. The monoisotopic (exact) mass is 296 g/mol. The van der Waals surface area contributed by atoms with E-state index in [0.29, 0.717) is 0 Å². The van der Waals surface area contributed by atoms with Crippen LogP contribution in [0.4, 0.5) is 0 Å². The first-order valence-electron chi connectivity index (χ1n) is 6.96. The first kappa shape index (κ1) is 14.1. The number of hydrogen-bond acceptors (Lipinski definition) is 3. The topological polar surface area (TPSA) is 72.9 Å². The number of aromatic nitrogens is 4. The van der Waals surface area contributed by atoms with Gasteiger partial charge in [-0.15, -0.1) is 0 Å². The molecule has 0 bridgehead atoms. The molecule has 2 heterocycles. The molecule has 6 nitrogen and oxygen atoms in total. The fourth-order valence-electron chi connectivity index (χ4n) is 2.39. The highest BCUT2D eigenvalue weighted by Crippen LogP contribution is 2.19. The average molecular weight is 296 g/mol. The van der Waals surface area contributed by atoms with E-state index in [-0.39, 0.29) is 5.56 Å². The number of aromatic carboxylic acids is 1. The summed E-state index contributed by atoms with van der Waals surface area (Å²) in [4.78, 5) is 15.4. The third-order valence-corrected chi connectivity index (χ3v) is 3.48. The van der Waals surface area contributed by atoms with E-state index in [4.69, 9.17) is 5.11 Å². The lowest BCUT2D eigenvalue weighted by Crippen LogP contribution is -2.03. The Morgan fingerprint density at radius 2 is 2.23 bits per heavy atom. The van der Waals surface area contributed by atoms with Crippen LogP contribution in [-0.2, 0) is 20.0 Å². The van der Waals surface area contributed by atoms with Crippen molar-refractivity contribution in [3.63, 3.8) is 0 Å². The maximum Gasteiger partial charge on any atom is 0.335 e. The van der Waals surface area contributed by atoms with Crippen LogP contribution < -0.4 is 0 Å². The highest BCUT2D eigenvalue weighted by atomic mass is 16.4. The number of nitrogens with zero attached hydrogens (tertiary/aromatic N) is 4. The van der Waals surface area contributed by atoms with Crippen molar-refractivity contribution < 1.29 is 9.90 Å². The number of carboxylic acid groups (broad SMARTS) is 1. The summed E-state index contributed by atoms with van der Waals surface area (Å²) in [7, 11) is 1.89. The lowest BCUT2D eigenvalue weighted by Gasteiger charge is -2.07. The van der Waals surface area contributed by atoms with Crippen LogP contribution in [-0.4, -0.2) is 30.4 Å². The van der Waals surface area contributed by atoms with E-state index < -0.39 is 5.97 Å². The van der Waals surface area contributed by atoms with E-state index in [1.54, 1.807) is 29.1 Å². The van der Waals surface area contributed by atoms with E-state index in [0.717, 1.165) is 29.9 Å². The summed E-state index contributed by atoms with van der Waals surface area (Å²) in [6.45, 7) is 0.762. The Hall–Kier alpha value is -2.89. The van der Waals surface area contributed by atoms with Crippen LogP contribution in [0.15, 0.2) is 49.1 Å². The zero-order chi connectivity index (χ0) is 15.5. The number of benzene rings is 1. The fraction of sp³-hybridized carbons (Fsp3) is 0.188. The normalized spacial score (nSPS) is 10.8. The second kappa shape index (κ2) is 5.85. The molecule has 22 heavy (non-hydrogen) atoms. The molecule has 0 fully saturated rings. The van der Waals surface area contributed by atoms with Gasteiger partial charge in [0.15, 0.2) is 0 Å². The first-order valence-corrected chi connectivity index (χ1v) is 6.96. The van der Waals surface area contributed by atoms with E-state index in [1.807, 2.05) is 36.3 Å². The molecule has 0 amide bonds. The summed E-state index contributed by atoms with van der Waals surface area (Å²) in [5.41, 5.74) is 2.22. The van der Waals surface area contributed by atoms with Crippen LogP contribution in [0.25, 0.3) is 11.4 Å². The minimum atomic E-state index is -0.935. The number of aryl methyl sites for hydroxylation is 3. The second-order valence-corrected chi connectivity index (χ2v) is 5.10. The van der Waals surface area contributed by atoms with Gasteiger partial charge in [-0.25, -0.2) is 9.78 Å². The van der Waals surface area contributed by atoms with Crippen molar-refractivity contribution >= 4 is 5.97 Å². The molecular formula is C16H16N4O2. The Bertz CT molecular complexity index is 804. The van der Waals surface area contributed by atoms with Gasteiger partial charge in [-0.2, -0.15) is 5.10 Å². The molecule has 0 atom stereocenters. The molecule has 0 saturated heterocycles. The Morgan fingerprint density at radius 3 is 2.95 bits per heavy atom. The number of imidazole rings is 1. The lowest BCUT2D eigenvalue weighted by atomic mass is 10.1. The summed E-state index contributed by atoms with van der Waals surface area (Å²) in [6, 6.07) is 6.83. The van der Waals surface area contributed by atoms with Gasteiger partial charge in [-0.3, -0.25) is 4.68 Å². The zero-order valence-electron chi connectivity index (χ0n) is 12.2. The highest BCUT2D eigenvalue weighted by Gasteiger charge is 2.09. The Kier molecular flexibility index (Phi) is 3.74. The zero-order valence-corrected chi connectivity index (χ0v) is 12.2. The molecule has 6 heteroatoms. The molecule has 0 aliphatic rings. The van der Waals surface area contributed by atoms with Crippen molar-refractivity contribution in [3.05, 3.63) is 60.2 Å². The SMILES string of the molecule is Cn1cc(CCn2ccnc2-c2cccc(C(=O)O)c2)cn1. The standard InChI is InChI=1S/C16H16N4O2/c1-19-11-12(10-18-19)5-7-20-8-6-17-15(20)13-3-2-4-14(9-13)16(21)22/h2-4,6,8-11H,5,7H2,1H3,(H,21,22). The molecule has 1 aromatic carbocycles. The van der Waals surface area contributed by atoms with E-state index in [1.165, 1.54) is 0 Å². The largest absolute Gasteiger partial charge is 0.478 e. The Morgan fingerprint density at radius 1 is 1.36 bits per heavy atom. The smallest absolute Gasteiger partial charge is 0.335 e. The number of rotatable bonds is 5. The number of hydrogen-bond donors (Lipinski definition) is 1. The maximum absolute atomic E-state index is 11.1. The van der Waals surface area contributed by atoms with Crippen LogP contribution in [0, 0.1) is 0 Å². The molecule has 1 N–H and O–H groups in total. The molecule has 112 valence electrons. The van der Waals surface area contributed by atoms with Crippen LogP contribution in [0.3, 0.4) is 0 Å². The van der Waals surface area contributed by atoms with Crippen molar-refractivity contribution in [2.45, 2.75) is 13.0 Å². The second-order valence-electron chi connectivity index (χ2n) is 5.10. The minimum Gasteiger partial charge on any atom is -0.478 e. The molecule has 3 aromatic rings. The van der Waals surface area contributed by atoms with Gasteiger partial charge in [0, 0.05) is 37.7 Å². The van der Waals surface area contributed by atoms with Crippen molar-refractivity contribution in [2.75, 3.05) is 0 Å². The predicted molar refractivity (Wildman–Crippen MR) is 81.5 cm³/mol. The van der Waals surface area contributed by atoms with Crippen molar-refractivity contribution in [2.24, 2.45) is 7.05 Å². The van der Waals surface area contributed by atoms with Gasteiger partial charge >= 0.3 is 5.97 Å². The summed E-state index contributed by atoms with van der Waals surface area (Å²) >= 11 is 0. The van der Waals surface area contributed by atoms with E-state index >= 15 is 0 Å². The average Bonchev–Trinajstić information content (AvgIpc) is 3.14. The molecule has 3 rings (SSSR count). The van der Waals surface area contributed by atoms with Crippen molar-refractivity contribution in [1.82, 2.24) is 19.3 Å². The number of carboxylic acids is 1. The van der Waals surface area contributed by atoms with Gasteiger partial charge in [-0.05, 0) is 24.1 Å². The summed E-state index contributed by atoms with van der Waals surface area (Å²) in [6.07, 6.45) is 8.31. The minimum absolute atomic E-state index is 0.263. The van der Waals surface area contributed by atoms with Gasteiger partial charge < -0.3 is 9.67 Å². The van der Waals surface area contributed by atoms with E-state index in [9.17, 15) is 4.79 Å². The van der Waals surface area contributed by atoms with Crippen LogP contribution in [0.2, 0.25) is 0 Å². The lowest BCUT2D eigenvalue weighted by molar-refractivity contribution is 0.0697. The Labute approximate surface area is 127 Å². The predicted octanol–water partition coefficient (Wildman–Crippen LogP) is 2.22. The van der Waals surface area contributed by atoms with Crippen LogP contribution in [0.1, 0.15) is 15.9 Å².